The number of aromatic nitrogens is 2. The number of amides is 2. The minimum atomic E-state index is -0.789. The molecule has 2 aromatic heterocycles. The molecule has 0 aliphatic carbocycles. The van der Waals surface area contributed by atoms with E-state index in [0.717, 1.165) is 11.1 Å². The number of halogens is 2. The van der Waals surface area contributed by atoms with Crippen molar-refractivity contribution in [2.75, 3.05) is 0 Å². The van der Waals surface area contributed by atoms with Gasteiger partial charge in [0.25, 0.3) is 0 Å². The Morgan fingerprint density at radius 1 is 0.630 bits per heavy atom. The van der Waals surface area contributed by atoms with Crippen LogP contribution in [0.5, 0.6) is 0 Å². The van der Waals surface area contributed by atoms with Crippen LogP contribution >= 0.6 is 23.5 Å². The van der Waals surface area contributed by atoms with Gasteiger partial charge < -0.3 is 10.6 Å². The third-order valence-electron chi connectivity index (χ3n) is 7.54. The monoisotopic (exact) mass is 658 g/mol. The largest absolute Gasteiger partial charge is 0.304 e. The summed E-state index contributed by atoms with van der Waals surface area (Å²) in [5, 5.41) is 6.74. The van der Waals surface area contributed by atoms with E-state index >= 15 is 0 Å². The molecule has 2 N–H and O–H groups in total. The van der Waals surface area contributed by atoms with Gasteiger partial charge in [-0.15, -0.1) is 0 Å². The Bertz CT molecular complexity index is 1630. The fraction of sp³-hybridized carbons (Fsp3) is 0.235. The Morgan fingerprint density at radius 2 is 1.00 bits per heavy atom. The van der Waals surface area contributed by atoms with Crippen LogP contribution in [-0.4, -0.2) is 32.1 Å². The van der Waals surface area contributed by atoms with Crippen LogP contribution in [0.15, 0.2) is 107 Å². The molecule has 2 amide bonds. The number of carbonyl (C=O) groups is 2. The molecular formula is C34H32F2N6O2S2. The Hall–Kier alpha value is -4.42. The average molecular weight is 659 g/mol. The zero-order valence-corrected chi connectivity index (χ0v) is 27.2. The van der Waals surface area contributed by atoms with Crippen LogP contribution in [-0.2, 0) is 19.1 Å². The van der Waals surface area contributed by atoms with Crippen molar-refractivity contribution >= 4 is 45.7 Å². The molecule has 46 heavy (non-hydrogen) atoms. The third kappa shape index (κ3) is 7.34. The highest BCUT2D eigenvalue weighted by atomic mass is 32.2. The fourth-order valence-corrected chi connectivity index (χ4v) is 6.91. The summed E-state index contributed by atoms with van der Waals surface area (Å²) in [6, 6.07) is 23.1. The first-order valence-electron chi connectivity index (χ1n) is 14.5. The van der Waals surface area contributed by atoms with Gasteiger partial charge in [0.15, 0.2) is 10.3 Å². The summed E-state index contributed by atoms with van der Waals surface area (Å²) in [6.07, 6.45) is 3.34. The number of pyridine rings is 2. The normalized spacial score (nSPS) is 23.8. The molecule has 2 saturated heterocycles. The first-order chi connectivity index (χ1) is 22.0. The summed E-state index contributed by atoms with van der Waals surface area (Å²) < 4.78 is 24.4. The third-order valence-corrected chi connectivity index (χ3v) is 9.95. The molecule has 0 spiro atoms. The second kappa shape index (κ2) is 13.9. The lowest BCUT2D eigenvalue weighted by atomic mass is 10.1. The molecular weight excluding hydrogens is 627 g/mol. The molecule has 0 saturated carbocycles. The van der Waals surface area contributed by atoms with Gasteiger partial charge in [0.1, 0.15) is 21.1 Å². The zero-order chi connectivity index (χ0) is 32.9. The van der Waals surface area contributed by atoms with E-state index in [0.29, 0.717) is 21.7 Å². The Morgan fingerprint density at radius 3 is 1.33 bits per heavy atom. The lowest BCUT2D eigenvalue weighted by Crippen LogP contribution is -2.32. The first-order valence-corrected chi connectivity index (χ1v) is 16.1. The topological polar surface area (TPSA) is 109 Å². The van der Waals surface area contributed by atoms with E-state index in [9.17, 15) is 18.4 Å². The number of rotatable bonds is 6. The molecule has 12 heteroatoms. The van der Waals surface area contributed by atoms with E-state index in [4.69, 9.17) is 0 Å². The molecule has 2 aromatic carbocycles. The number of aliphatic imine (C=N–C) groups is 2. The highest BCUT2D eigenvalue weighted by Crippen LogP contribution is 2.41. The Balaban J connectivity index is 0.000000181. The standard InChI is InChI=1S/2C17H16FN3OS/c2*1-11(12-6-8-13(18)9-7-12)20-16-21-15(22)17(2,23-16)14-5-3-4-10-19-14/h2*3-11H,1-2H3,(H,20,21,22)/t11-,17+;11-,17-/m11/s1. The van der Waals surface area contributed by atoms with Crippen molar-refractivity contribution in [1.29, 1.82) is 0 Å². The van der Waals surface area contributed by atoms with Crippen LogP contribution in [0.3, 0.4) is 0 Å². The molecule has 4 heterocycles. The average Bonchev–Trinajstić information content (AvgIpc) is 3.52. The SMILES string of the molecule is C[C@@H](N=C1NC(=O)[C@@](C)(c2ccccn2)S1)c1ccc(F)cc1.C[C@@H](N=C1NC(=O)[C@](C)(c2ccccn2)S1)c1ccc(F)cc1. The van der Waals surface area contributed by atoms with Gasteiger partial charge in [0.05, 0.1) is 23.5 Å². The Labute approximate surface area is 274 Å². The molecule has 2 aliphatic heterocycles. The first kappa shape index (κ1) is 33.0. The van der Waals surface area contributed by atoms with Crippen molar-refractivity contribution in [3.05, 3.63) is 131 Å². The highest BCUT2D eigenvalue weighted by molar-refractivity contribution is 8.16. The van der Waals surface area contributed by atoms with E-state index in [1.165, 1.54) is 47.8 Å². The van der Waals surface area contributed by atoms with Crippen molar-refractivity contribution in [2.24, 2.45) is 9.98 Å². The van der Waals surface area contributed by atoms with Crippen LogP contribution in [0.1, 0.15) is 62.3 Å². The van der Waals surface area contributed by atoms with Crippen molar-refractivity contribution in [1.82, 2.24) is 20.6 Å². The van der Waals surface area contributed by atoms with Gasteiger partial charge >= 0.3 is 0 Å². The molecule has 0 bridgehead atoms. The number of hydrogen-bond acceptors (Lipinski definition) is 8. The minimum Gasteiger partial charge on any atom is -0.304 e. The van der Waals surface area contributed by atoms with Crippen molar-refractivity contribution in [2.45, 2.75) is 49.3 Å². The molecule has 236 valence electrons. The van der Waals surface area contributed by atoms with Crippen LogP contribution in [0, 0.1) is 11.6 Å². The van der Waals surface area contributed by atoms with Crippen LogP contribution < -0.4 is 10.6 Å². The molecule has 4 aromatic rings. The smallest absolute Gasteiger partial charge is 0.248 e. The number of benzene rings is 2. The summed E-state index contributed by atoms with van der Waals surface area (Å²) >= 11 is 2.71. The number of nitrogens with one attached hydrogen (secondary N) is 2. The van der Waals surface area contributed by atoms with Crippen molar-refractivity contribution in [3.8, 4) is 0 Å². The van der Waals surface area contributed by atoms with E-state index in [1.807, 2.05) is 64.1 Å². The van der Waals surface area contributed by atoms with Gasteiger partial charge in [-0.05, 0) is 87.4 Å². The predicted molar refractivity (Wildman–Crippen MR) is 179 cm³/mol. The predicted octanol–water partition coefficient (Wildman–Crippen LogP) is 6.83. The number of nitrogens with zero attached hydrogens (tertiary/aromatic N) is 4. The van der Waals surface area contributed by atoms with Crippen LogP contribution in [0.4, 0.5) is 8.78 Å². The summed E-state index contributed by atoms with van der Waals surface area (Å²) in [7, 11) is 0. The quantitative estimate of drug-likeness (QED) is 0.235. The molecule has 8 nitrogen and oxygen atoms in total. The van der Waals surface area contributed by atoms with Gasteiger partial charge in [-0.2, -0.15) is 0 Å². The van der Waals surface area contributed by atoms with E-state index < -0.39 is 9.49 Å². The summed E-state index contributed by atoms with van der Waals surface area (Å²) in [5.41, 5.74) is 3.17. The maximum atomic E-state index is 13.0. The van der Waals surface area contributed by atoms with Crippen molar-refractivity contribution < 1.29 is 18.4 Å². The van der Waals surface area contributed by atoms with Gasteiger partial charge in [0, 0.05) is 12.4 Å². The van der Waals surface area contributed by atoms with E-state index in [2.05, 4.69) is 30.6 Å². The van der Waals surface area contributed by atoms with Crippen molar-refractivity contribution in [3.63, 3.8) is 0 Å². The Kier molecular flexibility index (Phi) is 9.97. The van der Waals surface area contributed by atoms with Crippen LogP contribution in [0.25, 0.3) is 0 Å². The second-order valence-corrected chi connectivity index (χ2v) is 13.7. The maximum Gasteiger partial charge on any atom is 0.248 e. The number of carbonyl (C=O) groups excluding carboxylic acids is 2. The van der Waals surface area contributed by atoms with Gasteiger partial charge in [0.2, 0.25) is 11.8 Å². The van der Waals surface area contributed by atoms with E-state index in [-0.39, 0.29) is 35.5 Å². The van der Waals surface area contributed by atoms with Gasteiger partial charge in [-0.3, -0.25) is 29.5 Å². The lowest BCUT2D eigenvalue weighted by molar-refractivity contribution is -0.122. The molecule has 0 radical (unpaired) electrons. The minimum absolute atomic E-state index is 0.133. The second-order valence-electron chi connectivity index (χ2n) is 10.9. The lowest BCUT2D eigenvalue weighted by Gasteiger charge is -2.17. The molecule has 2 fully saturated rings. The number of thioether (sulfide) groups is 2. The highest BCUT2D eigenvalue weighted by Gasteiger charge is 2.46. The van der Waals surface area contributed by atoms with Gasteiger partial charge in [-0.1, -0.05) is 59.9 Å². The van der Waals surface area contributed by atoms with Gasteiger partial charge in [-0.25, -0.2) is 8.78 Å². The fourth-order valence-electron chi connectivity index (χ4n) is 4.69. The molecule has 0 unspecified atom stereocenters. The molecule has 2 aliphatic rings. The number of amidine groups is 2. The maximum absolute atomic E-state index is 13.0. The van der Waals surface area contributed by atoms with E-state index in [1.54, 1.807) is 36.7 Å². The summed E-state index contributed by atoms with van der Waals surface area (Å²) in [6.45, 7) is 7.48. The summed E-state index contributed by atoms with van der Waals surface area (Å²) in [5.74, 6) is -0.822. The summed E-state index contributed by atoms with van der Waals surface area (Å²) in [4.78, 5) is 42.4. The molecule has 4 atom stereocenters. The molecule has 6 rings (SSSR count). The number of hydrogen-bond donors (Lipinski definition) is 2. The van der Waals surface area contributed by atoms with Crippen LogP contribution in [0.2, 0.25) is 0 Å². The zero-order valence-electron chi connectivity index (χ0n) is 25.6.